The number of ether oxygens (including phenoxy) is 2. The SMILES string of the molecule is CCC(C)(C)CCOC(C)(C)CCOC(C)C. The minimum absolute atomic E-state index is 0.0707. The summed E-state index contributed by atoms with van der Waals surface area (Å²) in [6.07, 6.45) is 3.59. The second-order valence-electron chi connectivity index (χ2n) is 6.55. The summed E-state index contributed by atoms with van der Waals surface area (Å²) in [7, 11) is 0. The first kappa shape index (κ1) is 16.9. The summed E-state index contributed by atoms with van der Waals surface area (Å²) in [5.74, 6) is 0. The van der Waals surface area contributed by atoms with E-state index in [1.54, 1.807) is 0 Å². The molecule has 0 aliphatic rings. The van der Waals surface area contributed by atoms with Crippen molar-refractivity contribution in [3.8, 4) is 0 Å². The molecule has 2 heteroatoms. The van der Waals surface area contributed by atoms with Gasteiger partial charge in [-0.05, 0) is 46.0 Å². The van der Waals surface area contributed by atoms with Crippen molar-refractivity contribution in [3.63, 3.8) is 0 Å². The normalized spacial score (nSPS) is 13.4. The third kappa shape index (κ3) is 9.61. The number of hydrogen-bond acceptors (Lipinski definition) is 2. The van der Waals surface area contributed by atoms with Gasteiger partial charge in [0.25, 0.3) is 0 Å². The molecule has 0 atom stereocenters. The lowest BCUT2D eigenvalue weighted by Crippen LogP contribution is -2.29. The summed E-state index contributed by atoms with van der Waals surface area (Å²) in [5.41, 5.74) is 0.323. The van der Waals surface area contributed by atoms with Gasteiger partial charge in [-0.15, -0.1) is 0 Å². The minimum atomic E-state index is -0.0707. The first-order chi connectivity index (χ1) is 7.68. The van der Waals surface area contributed by atoms with Gasteiger partial charge < -0.3 is 9.47 Å². The largest absolute Gasteiger partial charge is 0.379 e. The van der Waals surface area contributed by atoms with Crippen LogP contribution in [0.2, 0.25) is 0 Å². The van der Waals surface area contributed by atoms with Crippen molar-refractivity contribution in [1.29, 1.82) is 0 Å². The van der Waals surface area contributed by atoms with Crippen LogP contribution >= 0.6 is 0 Å². The molecule has 104 valence electrons. The molecule has 0 spiro atoms. The Bertz CT molecular complexity index is 195. The summed E-state index contributed by atoms with van der Waals surface area (Å²) in [6, 6.07) is 0. The molecule has 0 N–H and O–H groups in total. The molecule has 0 aliphatic carbocycles. The molecule has 0 aromatic heterocycles. The molecule has 0 heterocycles. The van der Waals surface area contributed by atoms with Crippen molar-refractivity contribution < 1.29 is 9.47 Å². The average Bonchev–Trinajstić information content (AvgIpc) is 2.16. The van der Waals surface area contributed by atoms with Gasteiger partial charge in [0, 0.05) is 13.2 Å². The zero-order valence-electron chi connectivity index (χ0n) is 12.9. The Morgan fingerprint density at radius 3 is 2.00 bits per heavy atom. The van der Waals surface area contributed by atoms with Crippen LogP contribution in [-0.4, -0.2) is 24.9 Å². The van der Waals surface area contributed by atoms with Gasteiger partial charge in [-0.25, -0.2) is 0 Å². The van der Waals surface area contributed by atoms with E-state index in [2.05, 4.69) is 48.5 Å². The predicted octanol–water partition coefficient (Wildman–Crippen LogP) is 4.42. The number of hydrogen-bond donors (Lipinski definition) is 0. The maximum absolute atomic E-state index is 5.97. The summed E-state index contributed by atoms with van der Waals surface area (Å²) in [6.45, 7) is 16.9. The first-order valence-corrected chi connectivity index (χ1v) is 6.94. The van der Waals surface area contributed by atoms with Crippen molar-refractivity contribution in [2.24, 2.45) is 5.41 Å². The van der Waals surface area contributed by atoms with Gasteiger partial charge in [0.15, 0.2) is 0 Å². The maximum Gasteiger partial charge on any atom is 0.0648 e. The lowest BCUT2D eigenvalue weighted by atomic mass is 9.87. The van der Waals surface area contributed by atoms with Crippen LogP contribution in [0.5, 0.6) is 0 Å². The van der Waals surface area contributed by atoms with E-state index in [1.807, 2.05) is 0 Å². The van der Waals surface area contributed by atoms with Crippen LogP contribution in [0, 0.1) is 5.41 Å². The second-order valence-corrected chi connectivity index (χ2v) is 6.55. The molecule has 0 rings (SSSR count). The van der Waals surface area contributed by atoms with E-state index in [1.165, 1.54) is 6.42 Å². The van der Waals surface area contributed by atoms with E-state index < -0.39 is 0 Å². The van der Waals surface area contributed by atoms with Crippen LogP contribution in [-0.2, 0) is 9.47 Å². The molecule has 0 aromatic carbocycles. The zero-order chi connectivity index (χ0) is 13.5. The van der Waals surface area contributed by atoms with Gasteiger partial charge >= 0.3 is 0 Å². The molecular formula is C15H32O2. The lowest BCUT2D eigenvalue weighted by Gasteiger charge is -2.29. The molecule has 0 amide bonds. The number of rotatable bonds is 9. The van der Waals surface area contributed by atoms with Gasteiger partial charge in [0.1, 0.15) is 0 Å². The molecule has 2 nitrogen and oxygen atoms in total. The molecular weight excluding hydrogens is 212 g/mol. The fourth-order valence-electron chi connectivity index (χ4n) is 1.39. The van der Waals surface area contributed by atoms with Gasteiger partial charge in [-0.3, -0.25) is 0 Å². The average molecular weight is 244 g/mol. The van der Waals surface area contributed by atoms with Gasteiger partial charge in [0.05, 0.1) is 11.7 Å². The summed E-state index contributed by atoms with van der Waals surface area (Å²) in [5, 5.41) is 0. The predicted molar refractivity (Wildman–Crippen MR) is 74.4 cm³/mol. The Hall–Kier alpha value is -0.0800. The van der Waals surface area contributed by atoms with Crippen LogP contribution in [0.25, 0.3) is 0 Å². The minimum Gasteiger partial charge on any atom is -0.379 e. The van der Waals surface area contributed by atoms with E-state index in [0.29, 0.717) is 11.5 Å². The van der Waals surface area contributed by atoms with E-state index in [4.69, 9.17) is 9.47 Å². The highest BCUT2D eigenvalue weighted by molar-refractivity contribution is 4.71. The highest BCUT2D eigenvalue weighted by atomic mass is 16.5. The third-order valence-corrected chi connectivity index (χ3v) is 3.38. The topological polar surface area (TPSA) is 18.5 Å². The second kappa shape index (κ2) is 7.38. The summed E-state index contributed by atoms with van der Waals surface area (Å²) >= 11 is 0. The van der Waals surface area contributed by atoms with Crippen molar-refractivity contribution in [3.05, 3.63) is 0 Å². The molecule has 17 heavy (non-hydrogen) atoms. The highest BCUT2D eigenvalue weighted by Crippen LogP contribution is 2.25. The van der Waals surface area contributed by atoms with Crippen LogP contribution < -0.4 is 0 Å². The zero-order valence-corrected chi connectivity index (χ0v) is 12.9. The molecule has 0 saturated heterocycles. The molecule has 0 saturated carbocycles. The summed E-state index contributed by atoms with van der Waals surface area (Å²) < 4.78 is 11.5. The molecule has 0 unspecified atom stereocenters. The van der Waals surface area contributed by atoms with Crippen molar-refractivity contribution in [2.45, 2.75) is 79.4 Å². The van der Waals surface area contributed by atoms with Crippen LogP contribution in [0.1, 0.15) is 67.7 Å². The molecule has 0 radical (unpaired) electrons. The molecule has 0 bridgehead atoms. The van der Waals surface area contributed by atoms with Crippen molar-refractivity contribution >= 4 is 0 Å². The monoisotopic (exact) mass is 244 g/mol. The van der Waals surface area contributed by atoms with Crippen LogP contribution in [0.15, 0.2) is 0 Å². The maximum atomic E-state index is 5.97. The van der Waals surface area contributed by atoms with Crippen molar-refractivity contribution in [2.75, 3.05) is 13.2 Å². The Morgan fingerprint density at radius 1 is 0.941 bits per heavy atom. The Morgan fingerprint density at radius 2 is 1.53 bits per heavy atom. The molecule has 0 aliphatic heterocycles. The highest BCUT2D eigenvalue weighted by Gasteiger charge is 2.21. The quantitative estimate of drug-likeness (QED) is 0.597. The van der Waals surface area contributed by atoms with E-state index in [9.17, 15) is 0 Å². The van der Waals surface area contributed by atoms with E-state index in [-0.39, 0.29) is 5.60 Å². The van der Waals surface area contributed by atoms with Crippen LogP contribution in [0.4, 0.5) is 0 Å². The Balaban J connectivity index is 3.78. The fraction of sp³-hybridized carbons (Fsp3) is 1.00. The van der Waals surface area contributed by atoms with Gasteiger partial charge in [0.2, 0.25) is 0 Å². The van der Waals surface area contributed by atoms with Gasteiger partial charge in [-0.1, -0.05) is 27.2 Å². The lowest BCUT2D eigenvalue weighted by molar-refractivity contribution is -0.0550. The third-order valence-electron chi connectivity index (χ3n) is 3.38. The van der Waals surface area contributed by atoms with Crippen molar-refractivity contribution in [1.82, 2.24) is 0 Å². The fourth-order valence-corrected chi connectivity index (χ4v) is 1.39. The van der Waals surface area contributed by atoms with Crippen LogP contribution in [0.3, 0.4) is 0 Å². The summed E-state index contributed by atoms with van der Waals surface area (Å²) in [4.78, 5) is 0. The van der Waals surface area contributed by atoms with Gasteiger partial charge in [-0.2, -0.15) is 0 Å². The van der Waals surface area contributed by atoms with E-state index >= 15 is 0 Å². The first-order valence-electron chi connectivity index (χ1n) is 6.94. The Kier molecular flexibility index (Phi) is 7.34. The standard InChI is InChI=1S/C15H32O2/c1-8-14(4,5)9-12-17-15(6,7)10-11-16-13(2)3/h13H,8-12H2,1-7H3. The van der Waals surface area contributed by atoms with E-state index in [0.717, 1.165) is 26.1 Å². The smallest absolute Gasteiger partial charge is 0.0648 e. The molecule has 0 aromatic rings. The molecule has 0 fully saturated rings. The Labute approximate surface area is 108 Å².